The zero-order valence-electron chi connectivity index (χ0n) is 16.4. The second-order valence-electron chi connectivity index (χ2n) is 8.32. The van der Waals surface area contributed by atoms with Crippen LogP contribution in [0.25, 0.3) is 5.69 Å². The van der Waals surface area contributed by atoms with Crippen LogP contribution in [0.4, 0.5) is 0 Å². The number of aromatic nitrogens is 2. The second kappa shape index (κ2) is 6.35. The lowest BCUT2D eigenvalue weighted by molar-refractivity contribution is 0.0672. The molecule has 3 heterocycles. The monoisotopic (exact) mass is 401 g/mol. The van der Waals surface area contributed by atoms with Crippen molar-refractivity contribution in [2.45, 2.75) is 50.0 Å². The summed E-state index contributed by atoms with van der Waals surface area (Å²) in [5.41, 5.74) is 1.03. The third-order valence-electron chi connectivity index (χ3n) is 5.38. The minimum absolute atomic E-state index is 0.00880. The minimum Gasteiger partial charge on any atom is -0.612 e. The normalized spacial score (nSPS) is 19.7. The third-order valence-corrected chi connectivity index (χ3v) is 6.34. The van der Waals surface area contributed by atoms with Gasteiger partial charge in [-0.3, -0.25) is 9.36 Å². The Balaban J connectivity index is 2.17. The Morgan fingerprint density at radius 3 is 2.68 bits per heavy atom. The number of carbonyl (C=O) groups is 2. The number of benzene rings is 1. The number of fused-ring (bicyclic) bond motifs is 5. The zero-order valence-corrected chi connectivity index (χ0v) is 17.2. The van der Waals surface area contributed by atoms with Gasteiger partial charge in [0.1, 0.15) is 17.6 Å². The summed E-state index contributed by atoms with van der Waals surface area (Å²) >= 11 is -1.36. The van der Waals surface area contributed by atoms with Gasteiger partial charge in [-0.1, -0.05) is 26.8 Å². The van der Waals surface area contributed by atoms with Gasteiger partial charge in [-0.05, 0) is 36.2 Å². The first kappa shape index (κ1) is 19.0. The molecule has 4 rings (SSSR count). The highest BCUT2D eigenvalue weighted by Gasteiger charge is 2.44. The summed E-state index contributed by atoms with van der Waals surface area (Å²) in [4.78, 5) is 32.2. The molecular weight excluding hydrogens is 378 g/mol. The molecule has 1 aromatic carbocycles. The molecule has 1 aromatic heterocycles. The topological polar surface area (TPSA) is 98.5 Å². The van der Waals surface area contributed by atoms with Crippen LogP contribution in [-0.4, -0.2) is 48.8 Å². The maximum Gasteiger partial charge on any atom is 0.356 e. The van der Waals surface area contributed by atoms with Crippen molar-refractivity contribution >= 4 is 23.1 Å². The highest BCUT2D eigenvalue weighted by atomic mass is 32.2. The van der Waals surface area contributed by atoms with E-state index < -0.39 is 22.6 Å². The molecule has 0 aliphatic carbocycles. The van der Waals surface area contributed by atoms with Crippen LogP contribution in [0.5, 0.6) is 0 Å². The molecule has 1 saturated heterocycles. The maximum atomic E-state index is 13.5. The molecular formula is C20H23N3O4S. The Morgan fingerprint density at radius 1 is 1.36 bits per heavy atom. The van der Waals surface area contributed by atoms with Gasteiger partial charge >= 0.3 is 5.97 Å². The van der Waals surface area contributed by atoms with E-state index in [1.54, 1.807) is 29.4 Å². The molecule has 28 heavy (non-hydrogen) atoms. The SMILES string of the molecule is C[S+]([O-])c1cccc2c1C(=O)N1CCC[C@H]1c1c(C(=O)O)nc(C(C)(C)C)n1-2. The molecule has 1 unspecified atom stereocenters. The van der Waals surface area contributed by atoms with Gasteiger partial charge in [0.05, 0.1) is 17.4 Å². The molecule has 7 nitrogen and oxygen atoms in total. The number of rotatable bonds is 2. The lowest BCUT2D eigenvalue weighted by Crippen LogP contribution is -2.31. The summed E-state index contributed by atoms with van der Waals surface area (Å²) in [7, 11) is 0. The van der Waals surface area contributed by atoms with E-state index in [2.05, 4.69) is 4.98 Å². The van der Waals surface area contributed by atoms with Crippen LogP contribution >= 0.6 is 0 Å². The van der Waals surface area contributed by atoms with Gasteiger partial charge < -0.3 is 14.6 Å². The van der Waals surface area contributed by atoms with Gasteiger partial charge in [0.2, 0.25) is 0 Å². The number of carbonyl (C=O) groups excluding carboxylic acids is 1. The molecule has 0 bridgehead atoms. The van der Waals surface area contributed by atoms with Crippen molar-refractivity contribution in [1.29, 1.82) is 0 Å². The summed E-state index contributed by atoms with van der Waals surface area (Å²) < 4.78 is 14.2. The largest absolute Gasteiger partial charge is 0.612 e. The first-order valence-corrected chi connectivity index (χ1v) is 10.8. The zero-order chi connectivity index (χ0) is 20.4. The fraction of sp³-hybridized carbons (Fsp3) is 0.450. The minimum atomic E-state index is -1.36. The van der Waals surface area contributed by atoms with E-state index in [-0.39, 0.29) is 17.6 Å². The Hall–Kier alpha value is -2.32. The molecule has 1 fully saturated rings. The molecule has 0 radical (unpaired) electrons. The smallest absolute Gasteiger partial charge is 0.356 e. The van der Waals surface area contributed by atoms with Crippen LogP contribution in [0.15, 0.2) is 23.1 Å². The van der Waals surface area contributed by atoms with E-state index >= 15 is 0 Å². The van der Waals surface area contributed by atoms with Crippen molar-refractivity contribution in [2.24, 2.45) is 0 Å². The lowest BCUT2D eigenvalue weighted by Gasteiger charge is -2.23. The van der Waals surface area contributed by atoms with E-state index in [9.17, 15) is 19.2 Å². The van der Waals surface area contributed by atoms with Crippen LogP contribution in [0.3, 0.4) is 0 Å². The Bertz CT molecular complexity index is 990. The number of carboxylic acid groups (broad SMARTS) is 1. The molecule has 8 heteroatoms. The third kappa shape index (κ3) is 2.66. The number of hydrogen-bond acceptors (Lipinski definition) is 4. The number of hydrogen-bond donors (Lipinski definition) is 1. The molecule has 1 N–H and O–H groups in total. The Kier molecular flexibility index (Phi) is 4.31. The summed E-state index contributed by atoms with van der Waals surface area (Å²) in [6.45, 7) is 6.45. The molecule has 2 aliphatic rings. The van der Waals surface area contributed by atoms with Crippen molar-refractivity contribution in [3.05, 3.63) is 41.0 Å². The van der Waals surface area contributed by atoms with Crippen LogP contribution in [0.1, 0.15) is 72.0 Å². The molecule has 0 spiro atoms. The van der Waals surface area contributed by atoms with Gasteiger partial charge in [0.15, 0.2) is 10.6 Å². The van der Waals surface area contributed by atoms with Crippen molar-refractivity contribution in [3.63, 3.8) is 0 Å². The summed E-state index contributed by atoms with van der Waals surface area (Å²) in [5, 5.41) is 9.86. The average molecular weight is 401 g/mol. The summed E-state index contributed by atoms with van der Waals surface area (Å²) in [6, 6.07) is 4.90. The Morgan fingerprint density at radius 2 is 2.07 bits per heavy atom. The fourth-order valence-electron chi connectivity index (χ4n) is 4.24. The molecule has 2 atom stereocenters. The van der Waals surface area contributed by atoms with Crippen LogP contribution in [-0.2, 0) is 16.6 Å². The maximum absolute atomic E-state index is 13.5. The standard InChI is InChI=1S/C20H23N3O4S/c1-20(2,3)19-21-15(18(25)26)16-12-8-6-10-22(12)17(24)14-11(23(16)19)7-5-9-13(14)28(4)27/h5,7,9,12H,6,8,10H2,1-4H3,(H,25,26)/t12-,28?/m0/s1. The van der Waals surface area contributed by atoms with E-state index in [1.165, 1.54) is 0 Å². The van der Waals surface area contributed by atoms with E-state index in [0.717, 1.165) is 6.42 Å². The summed E-state index contributed by atoms with van der Waals surface area (Å²) in [5.74, 6) is -0.706. The van der Waals surface area contributed by atoms with Gasteiger partial charge in [0, 0.05) is 12.0 Å². The number of nitrogens with zero attached hydrogens (tertiary/aromatic N) is 3. The predicted molar refractivity (Wildman–Crippen MR) is 105 cm³/mol. The number of carboxylic acids is 1. The van der Waals surface area contributed by atoms with Gasteiger partial charge in [-0.2, -0.15) is 0 Å². The second-order valence-corrected chi connectivity index (χ2v) is 9.67. The highest BCUT2D eigenvalue weighted by Crippen LogP contribution is 2.43. The molecule has 148 valence electrons. The predicted octanol–water partition coefficient (Wildman–Crippen LogP) is 2.90. The van der Waals surface area contributed by atoms with E-state index in [1.807, 2.05) is 25.3 Å². The lowest BCUT2D eigenvalue weighted by atomic mass is 9.95. The first-order chi connectivity index (χ1) is 13.1. The van der Waals surface area contributed by atoms with E-state index in [4.69, 9.17) is 0 Å². The van der Waals surface area contributed by atoms with Crippen molar-refractivity contribution in [3.8, 4) is 5.69 Å². The summed E-state index contributed by atoms with van der Waals surface area (Å²) in [6.07, 6.45) is 3.02. The first-order valence-electron chi connectivity index (χ1n) is 9.27. The highest BCUT2D eigenvalue weighted by molar-refractivity contribution is 7.90. The van der Waals surface area contributed by atoms with Gasteiger partial charge in [0.25, 0.3) is 5.91 Å². The average Bonchev–Trinajstić information content (AvgIpc) is 3.22. The molecule has 0 saturated carbocycles. The molecule has 2 aromatic rings. The van der Waals surface area contributed by atoms with Crippen molar-refractivity contribution in [2.75, 3.05) is 12.8 Å². The van der Waals surface area contributed by atoms with Crippen LogP contribution in [0, 0.1) is 0 Å². The van der Waals surface area contributed by atoms with Gasteiger partial charge in [-0.25, -0.2) is 9.78 Å². The van der Waals surface area contributed by atoms with Gasteiger partial charge in [-0.15, -0.1) is 0 Å². The van der Waals surface area contributed by atoms with E-state index in [0.29, 0.717) is 40.6 Å². The molecule has 2 aliphatic heterocycles. The number of imidazole rings is 1. The molecule has 1 amide bonds. The van der Waals surface area contributed by atoms with Crippen LogP contribution < -0.4 is 0 Å². The fourth-order valence-corrected chi connectivity index (χ4v) is 4.99. The van der Waals surface area contributed by atoms with Crippen LogP contribution in [0.2, 0.25) is 0 Å². The van der Waals surface area contributed by atoms with Crippen molar-refractivity contribution in [1.82, 2.24) is 14.5 Å². The number of amides is 1. The number of aromatic carboxylic acids is 1. The van der Waals surface area contributed by atoms with Crippen molar-refractivity contribution < 1.29 is 19.2 Å². The Labute approximate surface area is 166 Å². The quantitative estimate of drug-likeness (QED) is 0.780.